The SMILES string of the molecule is C=C/C=C(\C=C(/N)NC(=O)c1ccc(Sc2ccccn2)cc1)c1cccs1. The summed E-state index contributed by atoms with van der Waals surface area (Å²) in [5.74, 6) is 0.0192. The number of thiophene rings is 1. The summed E-state index contributed by atoms with van der Waals surface area (Å²) >= 11 is 3.13. The fraction of sp³-hybridized carbons (Fsp3) is 0. The Bertz CT molecular complexity index is 992. The third kappa shape index (κ3) is 5.45. The van der Waals surface area contributed by atoms with Crippen molar-refractivity contribution in [3.05, 3.63) is 107 Å². The van der Waals surface area contributed by atoms with Crippen molar-refractivity contribution < 1.29 is 4.79 Å². The summed E-state index contributed by atoms with van der Waals surface area (Å²) < 4.78 is 0. The quantitative estimate of drug-likeness (QED) is 0.537. The first-order chi connectivity index (χ1) is 13.7. The molecule has 6 heteroatoms. The van der Waals surface area contributed by atoms with Crippen molar-refractivity contribution in [3.8, 4) is 0 Å². The molecule has 4 nitrogen and oxygen atoms in total. The molecule has 0 bridgehead atoms. The average Bonchev–Trinajstić information content (AvgIpc) is 3.24. The van der Waals surface area contributed by atoms with Gasteiger partial charge < -0.3 is 11.1 Å². The Kier molecular flexibility index (Phi) is 6.84. The molecule has 0 saturated heterocycles. The van der Waals surface area contributed by atoms with Gasteiger partial charge in [0, 0.05) is 21.5 Å². The Morgan fingerprint density at radius 3 is 2.61 bits per heavy atom. The van der Waals surface area contributed by atoms with Crippen molar-refractivity contribution in [3.63, 3.8) is 0 Å². The summed E-state index contributed by atoms with van der Waals surface area (Å²) in [6.07, 6.45) is 7.04. The molecule has 0 radical (unpaired) electrons. The van der Waals surface area contributed by atoms with E-state index in [-0.39, 0.29) is 11.7 Å². The maximum absolute atomic E-state index is 12.5. The van der Waals surface area contributed by atoms with Gasteiger partial charge in [0.15, 0.2) is 0 Å². The van der Waals surface area contributed by atoms with Gasteiger partial charge in [-0.05, 0) is 59.5 Å². The summed E-state index contributed by atoms with van der Waals surface area (Å²) in [7, 11) is 0. The molecule has 1 amide bonds. The largest absolute Gasteiger partial charge is 0.385 e. The average molecular weight is 406 g/mol. The van der Waals surface area contributed by atoms with E-state index in [0.717, 1.165) is 20.4 Å². The van der Waals surface area contributed by atoms with Crippen LogP contribution in [0.15, 0.2) is 107 Å². The number of pyridine rings is 1. The molecule has 0 aliphatic heterocycles. The second kappa shape index (κ2) is 9.73. The van der Waals surface area contributed by atoms with Gasteiger partial charge in [0.2, 0.25) is 0 Å². The number of hydrogen-bond acceptors (Lipinski definition) is 5. The number of nitrogens with one attached hydrogen (secondary N) is 1. The van der Waals surface area contributed by atoms with Gasteiger partial charge in [-0.2, -0.15) is 0 Å². The van der Waals surface area contributed by atoms with Crippen LogP contribution in [0, 0.1) is 0 Å². The van der Waals surface area contributed by atoms with Crippen molar-refractivity contribution in [1.82, 2.24) is 10.3 Å². The first-order valence-electron chi connectivity index (χ1n) is 8.50. The minimum atomic E-state index is -0.257. The van der Waals surface area contributed by atoms with Crippen molar-refractivity contribution in [1.29, 1.82) is 0 Å². The molecule has 0 atom stereocenters. The van der Waals surface area contributed by atoms with Gasteiger partial charge in [0.05, 0.1) is 0 Å². The number of allylic oxidation sites excluding steroid dienone is 4. The lowest BCUT2D eigenvalue weighted by Gasteiger charge is -2.07. The van der Waals surface area contributed by atoms with E-state index in [9.17, 15) is 4.79 Å². The Hall–Kier alpha value is -3.09. The predicted molar refractivity (Wildman–Crippen MR) is 117 cm³/mol. The third-order valence-corrected chi connectivity index (χ3v) is 5.53. The van der Waals surface area contributed by atoms with Crippen molar-refractivity contribution in [2.45, 2.75) is 9.92 Å². The first-order valence-corrected chi connectivity index (χ1v) is 10.2. The van der Waals surface area contributed by atoms with E-state index >= 15 is 0 Å². The number of nitrogens with zero attached hydrogens (tertiary/aromatic N) is 1. The van der Waals surface area contributed by atoms with Gasteiger partial charge in [-0.1, -0.05) is 42.6 Å². The second-order valence-electron chi connectivity index (χ2n) is 5.68. The number of rotatable bonds is 7. The zero-order chi connectivity index (χ0) is 19.8. The first kappa shape index (κ1) is 19.7. The highest BCUT2D eigenvalue weighted by atomic mass is 32.2. The van der Waals surface area contributed by atoms with E-state index in [4.69, 9.17) is 5.73 Å². The molecular formula is C22H19N3OS2. The van der Waals surface area contributed by atoms with Crippen molar-refractivity contribution in [2.75, 3.05) is 0 Å². The van der Waals surface area contributed by atoms with Gasteiger partial charge in [0.1, 0.15) is 10.8 Å². The Morgan fingerprint density at radius 2 is 1.96 bits per heavy atom. The molecule has 3 aromatic rings. The molecule has 0 fully saturated rings. The normalized spacial score (nSPS) is 11.9. The predicted octanol–water partition coefficient (Wildman–Crippen LogP) is 5.09. The van der Waals surface area contributed by atoms with Gasteiger partial charge in [-0.3, -0.25) is 4.79 Å². The van der Waals surface area contributed by atoms with Gasteiger partial charge in [-0.25, -0.2) is 4.98 Å². The van der Waals surface area contributed by atoms with E-state index < -0.39 is 0 Å². The molecule has 28 heavy (non-hydrogen) atoms. The summed E-state index contributed by atoms with van der Waals surface area (Å²) in [5, 5.41) is 5.62. The van der Waals surface area contributed by atoms with Gasteiger partial charge >= 0.3 is 0 Å². The van der Waals surface area contributed by atoms with Crippen LogP contribution in [0.5, 0.6) is 0 Å². The van der Waals surface area contributed by atoms with Crippen molar-refractivity contribution in [2.24, 2.45) is 5.73 Å². The molecule has 0 saturated carbocycles. The summed E-state index contributed by atoms with van der Waals surface area (Å²) in [6.45, 7) is 3.73. The van der Waals surface area contributed by atoms with Crippen LogP contribution in [0.1, 0.15) is 15.2 Å². The fourth-order valence-electron chi connectivity index (χ4n) is 2.38. The number of benzene rings is 1. The zero-order valence-electron chi connectivity index (χ0n) is 15.0. The van der Waals surface area contributed by atoms with E-state index in [0.29, 0.717) is 5.56 Å². The molecule has 0 aliphatic carbocycles. The number of amides is 1. The number of hydrogen-bond donors (Lipinski definition) is 2. The standard InChI is InChI=1S/C22H19N3OS2/c1-2-6-17(19-7-5-14-27-19)15-20(23)25-22(26)16-9-11-18(12-10-16)28-21-8-3-4-13-24-21/h2-15H,1,23H2,(H,25,26)/b17-6+,20-15+. The molecule has 1 aromatic carbocycles. The molecule has 0 aliphatic rings. The van der Waals surface area contributed by atoms with Gasteiger partial charge in [0.25, 0.3) is 5.91 Å². The minimum Gasteiger partial charge on any atom is -0.385 e. The molecule has 140 valence electrons. The molecule has 3 N–H and O–H groups in total. The van der Waals surface area contributed by atoms with Crippen LogP contribution in [0.3, 0.4) is 0 Å². The fourth-order valence-corrected chi connectivity index (χ4v) is 3.88. The van der Waals surface area contributed by atoms with E-state index in [1.165, 1.54) is 11.8 Å². The Balaban J connectivity index is 1.66. The maximum atomic E-state index is 12.5. The molecule has 3 rings (SSSR count). The van der Waals surface area contributed by atoms with Gasteiger partial charge in [-0.15, -0.1) is 11.3 Å². The third-order valence-electron chi connectivity index (χ3n) is 3.65. The second-order valence-corrected chi connectivity index (χ2v) is 7.72. The van der Waals surface area contributed by atoms with Crippen LogP contribution >= 0.6 is 23.1 Å². The Labute approximate surface area is 172 Å². The van der Waals surface area contributed by atoms with Crippen LogP contribution in [0.2, 0.25) is 0 Å². The van der Waals surface area contributed by atoms with Crippen LogP contribution < -0.4 is 11.1 Å². The Morgan fingerprint density at radius 1 is 1.14 bits per heavy atom. The molecule has 2 aromatic heterocycles. The summed E-state index contributed by atoms with van der Waals surface area (Å²) in [6, 6.07) is 17.0. The maximum Gasteiger partial charge on any atom is 0.256 e. The van der Waals surface area contributed by atoms with Crippen LogP contribution in [0.25, 0.3) is 5.57 Å². The highest BCUT2D eigenvalue weighted by molar-refractivity contribution is 7.99. The van der Waals surface area contributed by atoms with E-state index in [2.05, 4.69) is 16.9 Å². The highest BCUT2D eigenvalue weighted by Gasteiger charge is 2.08. The molecule has 2 heterocycles. The molecular weight excluding hydrogens is 386 g/mol. The monoisotopic (exact) mass is 405 g/mol. The number of nitrogens with two attached hydrogens (primary N) is 1. The lowest BCUT2D eigenvalue weighted by Crippen LogP contribution is -2.27. The lowest BCUT2D eigenvalue weighted by molar-refractivity contribution is 0.0965. The number of aromatic nitrogens is 1. The lowest BCUT2D eigenvalue weighted by atomic mass is 10.2. The highest BCUT2D eigenvalue weighted by Crippen LogP contribution is 2.26. The van der Waals surface area contributed by atoms with Crippen molar-refractivity contribution >= 4 is 34.6 Å². The van der Waals surface area contributed by atoms with E-state index in [1.54, 1.807) is 41.8 Å². The summed E-state index contributed by atoms with van der Waals surface area (Å²) in [5.41, 5.74) is 7.46. The number of carbonyl (C=O) groups is 1. The van der Waals surface area contributed by atoms with Crippen LogP contribution in [-0.4, -0.2) is 10.9 Å². The smallest absolute Gasteiger partial charge is 0.256 e. The minimum absolute atomic E-state index is 0.257. The van der Waals surface area contributed by atoms with Crippen LogP contribution in [-0.2, 0) is 0 Å². The number of carbonyl (C=O) groups excluding carboxylic acids is 1. The zero-order valence-corrected chi connectivity index (χ0v) is 16.7. The summed E-state index contributed by atoms with van der Waals surface area (Å²) in [4.78, 5) is 18.8. The van der Waals surface area contributed by atoms with E-state index in [1.807, 2.05) is 53.9 Å². The molecule has 0 unspecified atom stereocenters. The topological polar surface area (TPSA) is 68.0 Å². The molecule has 0 spiro atoms. The van der Waals surface area contributed by atoms with Crippen LogP contribution in [0.4, 0.5) is 0 Å².